The van der Waals surface area contributed by atoms with Crippen LogP contribution in [0.25, 0.3) is 0 Å². The van der Waals surface area contributed by atoms with Gasteiger partial charge in [-0.15, -0.1) is 11.3 Å². The molecule has 0 amide bonds. The van der Waals surface area contributed by atoms with Crippen molar-refractivity contribution in [2.24, 2.45) is 0 Å². The number of halogens is 3. The lowest BCUT2D eigenvalue weighted by molar-refractivity contribution is 0.497. The Morgan fingerprint density at radius 3 is 2.72 bits per heavy atom. The van der Waals surface area contributed by atoms with E-state index in [1.54, 1.807) is 6.20 Å². The van der Waals surface area contributed by atoms with Crippen molar-refractivity contribution in [1.29, 1.82) is 0 Å². The van der Waals surface area contributed by atoms with Crippen LogP contribution in [0.1, 0.15) is 16.8 Å². The number of aryl methyl sites for hydroxylation is 1. The Kier molecular flexibility index (Phi) is 3.86. The van der Waals surface area contributed by atoms with E-state index in [2.05, 4.69) is 10.3 Å². The van der Waals surface area contributed by atoms with Gasteiger partial charge >= 0.3 is 0 Å². The van der Waals surface area contributed by atoms with Gasteiger partial charge in [0, 0.05) is 23.2 Å². The van der Waals surface area contributed by atoms with Crippen LogP contribution < -0.4 is 5.32 Å². The quantitative estimate of drug-likeness (QED) is 0.858. The SMILES string of the molecule is CCc1ncc(CNc2cc(F)cc(F)c2F)s1. The number of nitrogens with zero attached hydrogens (tertiary/aromatic N) is 1. The second-order valence-electron chi connectivity index (χ2n) is 3.68. The third-order valence-corrected chi connectivity index (χ3v) is 3.49. The highest BCUT2D eigenvalue weighted by Gasteiger charge is 2.11. The third kappa shape index (κ3) is 2.81. The summed E-state index contributed by atoms with van der Waals surface area (Å²) in [6.45, 7) is 2.27. The average Bonchev–Trinajstić information content (AvgIpc) is 2.80. The summed E-state index contributed by atoms with van der Waals surface area (Å²) in [4.78, 5) is 5.03. The normalized spacial score (nSPS) is 10.7. The molecular weight excluding hydrogens is 261 g/mol. The van der Waals surface area contributed by atoms with Crippen LogP contribution in [-0.4, -0.2) is 4.98 Å². The third-order valence-electron chi connectivity index (χ3n) is 2.35. The van der Waals surface area contributed by atoms with Gasteiger partial charge in [-0.3, -0.25) is 0 Å². The van der Waals surface area contributed by atoms with E-state index in [9.17, 15) is 13.2 Å². The predicted octanol–water partition coefficient (Wildman–Crippen LogP) is 3.73. The number of benzene rings is 1. The van der Waals surface area contributed by atoms with Crippen LogP contribution in [0, 0.1) is 17.5 Å². The minimum atomic E-state index is -1.20. The summed E-state index contributed by atoms with van der Waals surface area (Å²) in [5.41, 5.74) is -0.182. The van der Waals surface area contributed by atoms with E-state index < -0.39 is 17.5 Å². The van der Waals surface area contributed by atoms with Crippen molar-refractivity contribution in [1.82, 2.24) is 4.98 Å². The minimum absolute atomic E-state index is 0.182. The maximum Gasteiger partial charge on any atom is 0.182 e. The lowest BCUT2D eigenvalue weighted by Crippen LogP contribution is -2.02. The first-order valence-corrected chi connectivity index (χ1v) is 6.23. The molecule has 0 aliphatic carbocycles. The second-order valence-corrected chi connectivity index (χ2v) is 4.88. The molecule has 1 aromatic carbocycles. The Morgan fingerprint density at radius 2 is 2.06 bits per heavy atom. The van der Waals surface area contributed by atoms with Crippen molar-refractivity contribution in [3.63, 3.8) is 0 Å². The zero-order chi connectivity index (χ0) is 13.1. The Hall–Kier alpha value is -1.56. The molecule has 0 spiro atoms. The molecule has 0 fully saturated rings. The number of hydrogen-bond acceptors (Lipinski definition) is 3. The maximum absolute atomic E-state index is 13.3. The molecule has 0 radical (unpaired) electrons. The topological polar surface area (TPSA) is 24.9 Å². The smallest absolute Gasteiger partial charge is 0.182 e. The van der Waals surface area contributed by atoms with Crippen LogP contribution >= 0.6 is 11.3 Å². The number of anilines is 1. The predicted molar refractivity (Wildman–Crippen MR) is 65.1 cm³/mol. The fourth-order valence-electron chi connectivity index (χ4n) is 1.46. The molecule has 0 unspecified atom stereocenters. The molecule has 6 heteroatoms. The lowest BCUT2D eigenvalue weighted by Gasteiger charge is -2.06. The highest BCUT2D eigenvalue weighted by molar-refractivity contribution is 7.11. The van der Waals surface area contributed by atoms with Crippen molar-refractivity contribution < 1.29 is 13.2 Å². The van der Waals surface area contributed by atoms with E-state index >= 15 is 0 Å². The number of nitrogens with one attached hydrogen (secondary N) is 1. The van der Waals surface area contributed by atoms with E-state index in [1.165, 1.54) is 11.3 Å². The molecule has 2 rings (SSSR count). The van der Waals surface area contributed by atoms with Gasteiger partial charge in [0.15, 0.2) is 11.6 Å². The van der Waals surface area contributed by atoms with Gasteiger partial charge in [0.2, 0.25) is 0 Å². The van der Waals surface area contributed by atoms with Gasteiger partial charge in [-0.25, -0.2) is 18.2 Å². The van der Waals surface area contributed by atoms with E-state index in [1.807, 2.05) is 6.92 Å². The van der Waals surface area contributed by atoms with Crippen molar-refractivity contribution in [2.45, 2.75) is 19.9 Å². The molecule has 0 aliphatic rings. The highest BCUT2D eigenvalue weighted by atomic mass is 32.1. The first-order valence-electron chi connectivity index (χ1n) is 5.42. The van der Waals surface area contributed by atoms with Crippen molar-refractivity contribution in [3.8, 4) is 0 Å². The van der Waals surface area contributed by atoms with Crippen molar-refractivity contribution in [3.05, 3.63) is 45.7 Å². The van der Waals surface area contributed by atoms with Gasteiger partial charge in [-0.05, 0) is 6.42 Å². The lowest BCUT2D eigenvalue weighted by atomic mass is 10.3. The van der Waals surface area contributed by atoms with E-state index in [4.69, 9.17) is 0 Å². The molecule has 0 bridgehead atoms. The van der Waals surface area contributed by atoms with Crippen LogP contribution in [0.2, 0.25) is 0 Å². The zero-order valence-electron chi connectivity index (χ0n) is 9.64. The summed E-state index contributed by atoms with van der Waals surface area (Å²) < 4.78 is 39.2. The van der Waals surface area contributed by atoms with Crippen LogP contribution in [0.15, 0.2) is 18.3 Å². The number of rotatable bonds is 4. The Balaban J connectivity index is 2.10. The summed E-state index contributed by atoms with van der Waals surface area (Å²) in [5, 5.41) is 3.63. The van der Waals surface area contributed by atoms with Gasteiger partial charge in [0.05, 0.1) is 17.2 Å². The van der Waals surface area contributed by atoms with Gasteiger partial charge in [-0.1, -0.05) is 6.92 Å². The first kappa shape index (κ1) is 12.9. The fraction of sp³-hybridized carbons (Fsp3) is 0.250. The van der Waals surface area contributed by atoms with E-state index in [0.717, 1.165) is 22.4 Å². The van der Waals surface area contributed by atoms with Gasteiger partial charge in [0.1, 0.15) is 5.82 Å². The Bertz CT molecular complexity index is 554. The molecular formula is C12H11F3N2S. The van der Waals surface area contributed by atoms with Gasteiger partial charge < -0.3 is 5.32 Å². The van der Waals surface area contributed by atoms with Crippen LogP contribution in [-0.2, 0) is 13.0 Å². The summed E-state index contributed by atoms with van der Waals surface area (Å²) in [6, 6.07) is 1.45. The van der Waals surface area contributed by atoms with Gasteiger partial charge in [-0.2, -0.15) is 0 Å². The fourth-order valence-corrected chi connectivity index (χ4v) is 2.26. The zero-order valence-corrected chi connectivity index (χ0v) is 10.5. The molecule has 1 aromatic heterocycles. The van der Waals surface area contributed by atoms with E-state index in [-0.39, 0.29) is 12.2 Å². The monoisotopic (exact) mass is 272 g/mol. The summed E-state index contributed by atoms with van der Waals surface area (Å²) in [5.74, 6) is -3.08. The number of thiazole rings is 1. The highest BCUT2D eigenvalue weighted by Crippen LogP contribution is 2.21. The number of aromatic nitrogens is 1. The van der Waals surface area contributed by atoms with E-state index in [0.29, 0.717) is 6.07 Å². The molecule has 0 aliphatic heterocycles. The average molecular weight is 272 g/mol. The molecule has 0 atom stereocenters. The molecule has 2 aromatic rings. The second kappa shape index (κ2) is 5.39. The summed E-state index contributed by atoms with van der Waals surface area (Å²) in [6.07, 6.45) is 2.50. The molecule has 0 saturated carbocycles. The largest absolute Gasteiger partial charge is 0.378 e. The Labute approximate surface area is 106 Å². The Morgan fingerprint density at radius 1 is 1.28 bits per heavy atom. The number of hydrogen-bond donors (Lipinski definition) is 1. The standard InChI is InChI=1S/C12H11F3N2S/c1-2-11-17-6-8(18-11)5-16-10-4-7(13)3-9(14)12(10)15/h3-4,6,16H,2,5H2,1H3. The minimum Gasteiger partial charge on any atom is -0.378 e. The molecule has 2 nitrogen and oxygen atoms in total. The van der Waals surface area contributed by atoms with Crippen LogP contribution in [0.3, 0.4) is 0 Å². The van der Waals surface area contributed by atoms with Crippen molar-refractivity contribution >= 4 is 17.0 Å². The van der Waals surface area contributed by atoms with Crippen LogP contribution in [0.4, 0.5) is 18.9 Å². The van der Waals surface area contributed by atoms with Gasteiger partial charge in [0.25, 0.3) is 0 Å². The van der Waals surface area contributed by atoms with Crippen LogP contribution in [0.5, 0.6) is 0 Å². The summed E-state index contributed by atoms with van der Waals surface area (Å²) >= 11 is 1.48. The molecule has 1 heterocycles. The molecule has 0 saturated heterocycles. The molecule has 18 heavy (non-hydrogen) atoms. The first-order chi connectivity index (χ1) is 8.60. The maximum atomic E-state index is 13.3. The summed E-state index contributed by atoms with van der Waals surface area (Å²) in [7, 11) is 0. The molecule has 1 N–H and O–H groups in total. The van der Waals surface area contributed by atoms with Crippen molar-refractivity contribution in [2.75, 3.05) is 5.32 Å². The molecule has 96 valence electrons.